The van der Waals surface area contributed by atoms with E-state index in [0.717, 1.165) is 40.4 Å². The molecule has 0 saturated carbocycles. The van der Waals surface area contributed by atoms with Gasteiger partial charge in [-0.3, -0.25) is 14.8 Å². The molecule has 0 fully saturated rings. The first-order chi connectivity index (χ1) is 14.9. The van der Waals surface area contributed by atoms with Gasteiger partial charge in [0.15, 0.2) is 5.13 Å². The summed E-state index contributed by atoms with van der Waals surface area (Å²) in [5.74, 6) is -0.550. The molecular weight excluding hydrogens is 427 g/mol. The third-order valence-electron chi connectivity index (χ3n) is 4.17. The lowest BCUT2D eigenvalue weighted by atomic mass is 10.1. The minimum absolute atomic E-state index is 0.0303. The topological polar surface area (TPSA) is 79.8 Å². The van der Waals surface area contributed by atoms with Crippen LogP contribution >= 0.6 is 11.3 Å². The first-order valence-corrected chi connectivity index (χ1v) is 9.84. The van der Waals surface area contributed by atoms with E-state index in [1.165, 1.54) is 11.3 Å². The highest BCUT2D eigenvalue weighted by Gasteiger charge is 2.32. The van der Waals surface area contributed by atoms with Gasteiger partial charge in [0.1, 0.15) is 5.69 Å². The predicted octanol–water partition coefficient (Wildman–Crippen LogP) is 5.61. The fourth-order valence-electron chi connectivity index (χ4n) is 2.65. The van der Waals surface area contributed by atoms with Crippen molar-refractivity contribution in [2.45, 2.75) is 6.18 Å². The molecule has 31 heavy (non-hydrogen) atoms. The summed E-state index contributed by atoms with van der Waals surface area (Å²) in [6.07, 6.45) is -0.260. The molecule has 10 heteroatoms. The Labute approximate surface area is 178 Å². The molecule has 0 aliphatic rings. The number of hydrogen-bond donors (Lipinski definition) is 2. The van der Waals surface area contributed by atoms with E-state index in [9.17, 15) is 18.0 Å². The second kappa shape index (κ2) is 8.52. The number of hydrogen-bond acceptors (Lipinski definition) is 6. The zero-order chi connectivity index (χ0) is 21.8. The number of alkyl halides is 3. The summed E-state index contributed by atoms with van der Waals surface area (Å²) in [7, 11) is 0. The van der Waals surface area contributed by atoms with Crippen LogP contribution in [0.3, 0.4) is 0 Å². The van der Waals surface area contributed by atoms with Gasteiger partial charge in [0.2, 0.25) is 0 Å². The number of halogens is 3. The zero-order valence-electron chi connectivity index (χ0n) is 15.7. The van der Waals surface area contributed by atoms with E-state index in [2.05, 4.69) is 25.6 Å². The minimum atomic E-state index is -4.55. The van der Waals surface area contributed by atoms with Crippen LogP contribution in [-0.2, 0) is 6.18 Å². The van der Waals surface area contributed by atoms with Gasteiger partial charge in [0.25, 0.3) is 5.91 Å². The Morgan fingerprint density at radius 3 is 2.42 bits per heavy atom. The molecule has 4 rings (SSSR count). The molecule has 0 saturated heterocycles. The number of rotatable bonds is 5. The molecule has 3 heterocycles. The Bertz CT molecular complexity index is 1180. The fraction of sp³-hybridized carbons (Fsp3) is 0.0476. The van der Waals surface area contributed by atoms with Crippen LogP contribution in [0.4, 0.5) is 29.7 Å². The molecule has 0 aliphatic carbocycles. The molecule has 0 bridgehead atoms. The van der Waals surface area contributed by atoms with Crippen LogP contribution in [0.1, 0.15) is 16.1 Å². The van der Waals surface area contributed by atoms with Crippen molar-refractivity contribution in [2.24, 2.45) is 0 Å². The molecule has 156 valence electrons. The summed E-state index contributed by atoms with van der Waals surface area (Å²) in [6, 6.07) is 12.6. The number of thiazole rings is 1. The monoisotopic (exact) mass is 441 g/mol. The van der Waals surface area contributed by atoms with Crippen molar-refractivity contribution < 1.29 is 18.0 Å². The molecule has 4 aromatic rings. The van der Waals surface area contributed by atoms with Crippen LogP contribution < -0.4 is 10.6 Å². The molecule has 0 unspecified atom stereocenters. The fourth-order valence-corrected chi connectivity index (χ4v) is 3.39. The standard InChI is InChI=1S/C21H14F3N5OS/c22-21(23,24)18-8-5-14(10-26-18)19(30)27-15-6-3-13(4-7-15)17-12-31-20(29-17)28-16-2-1-9-25-11-16/h1-12H,(H,27,30)(H,28,29). The second-order valence-electron chi connectivity index (χ2n) is 6.37. The maximum atomic E-state index is 12.6. The average Bonchev–Trinajstić information content (AvgIpc) is 3.23. The molecule has 0 atom stereocenters. The highest BCUT2D eigenvalue weighted by molar-refractivity contribution is 7.14. The summed E-state index contributed by atoms with van der Waals surface area (Å²) in [6.45, 7) is 0. The second-order valence-corrected chi connectivity index (χ2v) is 7.22. The number of aromatic nitrogens is 3. The highest BCUT2D eigenvalue weighted by Crippen LogP contribution is 2.29. The van der Waals surface area contributed by atoms with Gasteiger partial charge in [-0.15, -0.1) is 11.3 Å². The maximum Gasteiger partial charge on any atom is 0.433 e. The van der Waals surface area contributed by atoms with Crippen molar-refractivity contribution in [3.05, 3.63) is 83.8 Å². The van der Waals surface area contributed by atoms with E-state index in [1.807, 2.05) is 17.5 Å². The number of carbonyl (C=O) groups excluding carboxylic acids is 1. The third-order valence-corrected chi connectivity index (χ3v) is 4.93. The first kappa shape index (κ1) is 20.5. The van der Waals surface area contributed by atoms with Gasteiger partial charge in [-0.05, 0) is 36.4 Å². The van der Waals surface area contributed by atoms with E-state index in [4.69, 9.17) is 0 Å². The lowest BCUT2D eigenvalue weighted by molar-refractivity contribution is -0.141. The number of nitrogens with zero attached hydrogens (tertiary/aromatic N) is 3. The number of anilines is 3. The number of amides is 1. The maximum absolute atomic E-state index is 12.6. The van der Waals surface area contributed by atoms with Crippen LogP contribution in [0, 0.1) is 0 Å². The van der Waals surface area contributed by atoms with E-state index in [1.54, 1.807) is 36.7 Å². The molecule has 0 spiro atoms. The molecule has 0 radical (unpaired) electrons. The zero-order valence-corrected chi connectivity index (χ0v) is 16.5. The lowest BCUT2D eigenvalue weighted by Crippen LogP contribution is -2.14. The molecule has 6 nitrogen and oxygen atoms in total. The molecule has 0 aliphatic heterocycles. The van der Waals surface area contributed by atoms with E-state index in [0.29, 0.717) is 5.69 Å². The van der Waals surface area contributed by atoms with Gasteiger partial charge in [-0.2, -0.15) is 13.2 Å². The molecule has 1 aromatic carbocycles. The van der Waals surface area contributed by atoms with Gasteiger partial charge >= 0.3 is 6.18 Å². The van der Waals surface area contributed by atoms with Crippen molar-refractivity contribution >= 4 is 33.8 Å². The Hall–Kier alpha value is -3.79. The van der Waals surface area contributed by atoms with Crippen molar-refractivity contribution in [1.82, 2.24) is 15.0 Å². The Morgan fingerprint density at radius 1 is 0.968 bits per heavy atom. The van der Waals surface area contributed by atoms with Crippen LogP contribution in [0.25, 0.3) is 11.3 Å². The SMILES string of the molecule is O=C(Nc1ccc(-c2csc(Nc3cccnc3)n2)cc1)c1ccc(C(F)(F)F)nc1. The van der Waals surface area contributed by atoms with Gasteiger partial charge in [-0.1, -0.05) is 12.1 Å². The first-order valence-electron chi connectivity index (χ1n) is 8.96. The normalized spacial score (nSPS) is 11.2. The number of pyridine rings is 2. The van der Waals surface area contributed by atoms with Gasteiger partial charge in [0, 0.05) is 29.0 Å². The minimum Gasteiger partial charge on any atom is -0.330 e. The summed E-state index contributed by atoms with van der Waals surface area (Å²) >= 11 is 1.45. The number of carbonyl (C=O) groups is 1. The van der Waals surface area contributed by atoms with Crippen molar-refractivity contribution in [1.29, 1.82) is 0 Å². The Morgan fingerprint density at radius 2 is 1.77 bits per heavy atom. The molecule has 2 N–H and O–H groups in total. The van der Waals surface area contributed by atoms with Crippen LogP contribution in [0.15, 0.2) is 72.5 Å². The van der Waals surface area contributed by atoms with Gasteiger partial charge in [0.05, 0.1) is 23.1 Å². The van der Waals surface area contributed by atoms with Crippen molar-refractivity contribution in [2.75, 3.05) is 10.6 Å². The summed E-state index contributed by atoms with van der Waals surface area (Å²) in [5.41, 5.74) is 1.93. The smallest absolute Gasteiger partial charge is 0.330 e. The van der Waals surface area contributed by atoms with Gasteiger partial charge < -0.3 is 10.6 Å². The summed E-state index contributed by atoms with van der Waals surface area (Å²) in [5, 5.41) is 8.43. The van der Waals surface area contributed by atoms with E-state index >= 15 is 0 Å². The molecule has 3 aromatic heterocycles. The Balaban J connectivity index is 1.41. The van der Waals surface area contributed by atoms with Crippen LogP contribution in [0.5, 0.6) is 0 Å². The van der Waals surface area contributed by atoms with E-state index < -0.39 is 17.8 Å². The van der Waals surface area contributed by atoms with Crippen LogP contribution in [-0.4, -0.2) is 20.9 Å². The lowest BCUT2D eigenvalue weighted by Gasteiger charge is -2.08. The van der Waals surface area contributed by atoms with Crippen molar-refractivity contribution in [3.8, 4) is 11.3 Å². The summed E-state index contributed by atoms with van der Waals surface area (Å²) in [4.78, 5) is 24.1. The van der Waals surface area contributed by atoms with Crippen LogP contribution in [0.2, 0.25) is 0 Å². The average molecular weight is 441 g/mol. The largest absolute Gasteiger partial charge is 0.433 e. The van der Waals surface area contributed by atoms with Crippen molar-refractivity contribution in [3.63, 3.8) is 0 Å². The number of nitrogens with one attached hydrogen (secondary N) is 2. The molecule has 1 amide bonds. The van der Waals surface area contributed by atoms with E-state index in [-0.39, 0.29) is 5.56 Å². The number of benzene rings is 1. The highest BCUT2D eigenvalue weighted by atomic mass is 32.1. The predicted molar refractivity (Wildman–Crippen MR) is 112 cm³/mol. The summed E-state index contributed by atoms with van der Waals surface area (Å²) < 4.78 is 37.7. The van der Waals surface area contributed by atoms with Gasteiger partial charge in [-0.25, -0.2) is 4.98 Å². The molecular formula is C21H14F3N5OS. The third kappa shape index (κ3) is 5.04. The quantitative estimate of drug-likeness (QED) is 0.421. The Kier molecular flexibility index (Phi) is 5.63.